The van der Waals surface area contributed by atoms with Gasteiger partial charge in [-0.25, -0.2) is 4.39 Å². The minimum atomic E-state index is -0.187. The van der Waals surface area contributed by atoms with E-state index in [9.17, 15) is 4.39 Å². The highest BCUT2D eigenvalue weighted by atomic mass is 32.2. The Morgan fingerprint density at radius 1 is 1.56 bits per heavy atom. The number of benzene rings is 1. The summed E-state index contributed by atoms with van der Waals surface area (Å²) < 4.78 is 13.0. The van der Waals surface area contributed by atoms with Gasteiger partial charge in [0, 0.05) is 18.3 Å². The first-order chi connectivity index (χ1) is 7.74. The molecule has 0 aliphatic rings. The lowest BCUT2D eigenvalue weighted by Gasteiger charge is -2.13. The van der Waals surface area contributed by atoms with E-state index >= 15 is 0 Å². The van der Waals surface area contributed by atoms with Gasteiger partial charge in [-0.2, -0.15) is 0 Å². The van der Waals surface area contributed by atoms with Gasteiger partial charge in [-0.3, -0.25) is 0 Å². The van der Waals surface area contributed by atoms with Crippen LogP contribution in [0.5, 0.6) is 0 Å². The van der Waals surface area contributed by atoms with E-state index in [1.807, 2.05) is 13.0 Å². The van der Waals surface area contributed by atoms with E-state index in [-0.39, 0.29) is 11.9 Å². The smallest absolute Gasteiger partial charge is 0.123 e. The molecule has 1 unspecified atom stereocenters. The molecule has 0 spiro atoms. The summed E-state index contributed by atoms with van der Waals surface area (Å²) in [5, 5.41) is 3.33. The lowest BCUT2D eigenvalue weighted by Crippen LogP contribution is -2.21. The second-order valence-corrected chi connectivity index (χ2v) is 4.59. The quantitative estimate of drug-likeness (QED) is 0.603. The number of nitrogens with one attached hydrogen (secondary N) is 1. The highest BCUT2D eigenvalue weighted by Crippen LogP contribution is 2.13. The largest absolute Gasteiger partial charge is 0.309 e. The fourth-order valence-electron chi connectivity index (χ4n) is 1.37. The normalized spacial score (nSPS) is 12.1. The third kappa shape index (κ3) is 4.69. The fourth-order valence-corrected chi connectivity index (χ4v) is 1.90. The summed E-state index contributed by atoms with van der Waals surface area (Å²) in [6.07, 6.45) is 5.15. The van der Waals surface area contributed by atoms with Crippen LogP contribution in [0.15, 0.2) is 24.3 Å². The number of thioether (sulfide) groups is 1. The minimum Gasteiger partial charge on any atom is -0.309 e. The van der Waals surface area contributed by atoms with Crippen LogP contribution in [0.4, 0.5) is 4.39 Å². The van der Waals surface area contributed by atoms with Crippen molar-refractivity contribution in [3.63, 3.8) is 0 Å². The second kappa shape index (κ2) is 7.32. The summed E-state index contributed by atoms with van der Waals surface area (Å²) in [6.45, 7) is 2.91. The lowest BCUT2D eigenvalue weighted by atomic mass is 10.1. The van der Waals surface area contributed by atoms with Crippen molar-refractivity contribution >= 4 is 11.8 Å². The van der Waals surface area contributed by atoms with Crippen molar-refractivity contribution in [2.24, 2.45) is 0 Å². The van der Waals surface area contributed by atoms with Crippen LogP contribution in [-0.4, -0.2) is 18.1 Å². The van der Waals surface area contributed by atoms with E-state index in [1.165, 1.54) is 6.07 Å². The van der Waals surface area contributed by atoms with Gasteiger partial charge >= 0.3 is 0 Å². The topological polar surface area (TPSA) is 12.0 Å². The highest BCUT2D eigenvalue weighted by molar-refractivity contribution is 7.99. The third-order valence-corrected chi connectivity index (χ3v) is 3.09. The maximum atomic E-state index is 13.0. The monoisotopic (exact) mass is 237 g/mol. The zero-order valence-corrected chi connectivity index (χ0v) is 10.2. The summed E-state index contributed by atoms with van der Waals surface area (Å²) in [7, 11) is 0. The van der Waals surface area contributed by atoms with Crippen LogP contribution < -0.4 is 5.32 Å². The SMILES string of the molecule is C#CCSCCNC(C)c1cccc(F)c1. The Kier molecular flexibility index (Phi) is 5.99. The van der Waals surface area contributed by atoms with Gasteiger partial charge in [0.1, 0.15) is 5.82 Å². The number of hydrogen-bond acceptors (Lipinski definition) is 2. The van der Waals surface area contributed by atoms with Crippen molar-refractivity contribution < 1.29 is 4.39 Å². The molecule has 0 amide bonds. The number of halogens is 1. The summed E-state index contributed by atoms with van der Waals surface area (Å²) in [5.41, 5.74) is 0.974. The Labute approximate surface area is 101 Å². The van der Waals surface area contributed by atoms with Crippen molar-refractivity contribution in [2.75, 3.05) is 18.1 Å². The molecule has 0 saturated carbocycles. The molecular formula is C13H16FNS. The predicted octanol–water partition coefficient (Wildman–Crippen LogP) is 2.84. The molecule has 0 saturated heterocycles. The summed E-state index contributed by atoms with van der Waals surface area (Å²) in [6, 6.07) is 6.85. The van der Waals surface area contributed by atoms with Gasteiger partial charge in [-0.15, -0.1) is 18.2 Å². The molecule has 1 aromatic carbocycles. The molecule has 1 atom stereocenters. The Morgan fingerprint density at radius 2 is 2.38 bits per heavy atom. The van der Waals surface area contributed by atoms with Gasteiger partial charge in [-0.05, 0) is 24.6 Å². The molecule has 16 heavy (non-hydrogen) atoms. The van der Waals surface area contributed by atoms with Crippen molar-refractivity contribution in [3.05, 3.63) is 35.6 Å². The molecule has 0 heterocycles. The predicted molar refractivity (Wildman–Crippen MR) is 69.0 cm³/mol. The number of terminal acetylenes is 1. The van der Waals surface area contributed by atoms with E-state index in [4.69, 9.17) is 6.42 Å². The number of rotatable bonds is 6. The van der Waals surface area contributed by atoms with Crippen LogP contribution >= 0.6 is 11.8 Å². The first-order valence-corrected chi connectivity index (χ1v) is 6.39. The molecule has 1 nitrogen and oxygen atoms in total. The first kappa shape index (κ1) is 13.1. The summed E-state index contributed by atoms with van der Waals surface area (Å²) in [4.78, 5) is 0. The summed E-state index contributed by atoms with van der Waals surface area (Å²) in [5.74, 6) is 4.12. The lowest BCUT2D eigenvalue weighted by molar-refractivity contribution is 0.585. The van der Waals surface area contributed by atoms with Gasteiger partial charge in [0.15, 0.2) is 0 Å². The zero-order valence-electron chi connectivity index (χ0n) is 9.37. The molecule has 86 valence electrons. The standard InChI is InChI=1S/C13H16FNS/c1-3-8-16-9-7-15-11(2)12-5-4-6-13(14)10-12/h1,4-6,10-11,15H,7-9H2,2H3. The van der Waals surface area contributed by atoms with Gasteiger partial charge in [0.05, 0.1) is 5.75 Å². The van der Waals surface area contributed by atoms with E-state index in [1.54, 1.807) is 23.9 Å². The van der Waals surface area contributed by atoms with E-state index in [0.717, 1.165) is 23.6 Å². The van der Waals surface area contributed by atoms with Crippen molar-refractivity contribution in [2.45, 2.75) is 13.0 Å². The Hall–Kier alpha value is -0.980. The molecule has 0 radical (unpaired) electrons. The van der Waals surface area contributed by atoms with Crippen molar-refractivity contribution in [1.29, 1.82) is 0 Å². The Morgan fingerprint density at radius 3 is 3.06 bits per heavy atom. The molecule has 1 aromatic rings. The van der Waals surface area contributed by atoms with Crippen LogP contribution in [0.3, 0.4) is 0 Å². The van der Waals surface area contributed by atoms with E-state index in [0.29, 0.717) is 0 Å². The zero-order chi connectivity index (χ0) is 11.8. The average Bonchev–Trinajstić information content (AvgIpc) is 2.28. The molecule has 0 fully saturated rings. The van der Waals surface area contributed by atoms with Crippen LogP contribution in [-0.2, 0) is 0 Å². The van der Waals surface area contributed by atoms with Gasteiger partial charge in [-0.1, -0.05) is 18.1 Å². The molecule has 1 rings (SSSR count). The second-order valence-electron chi connectivity index (χ2n) is 3.49. The van der Waals surface area contributed by atoms with E-state index < -0.39 is 0 Å². The van der Waals surface area contributed by atoms with E-state index in [2.05, 4.69) is 11.2 Å². The van der Waals surface area contributed by atoms with Crippen molar-refractivity contribution in [1.82, 2.24) is 5.32 Å². The third-order valence-electron chi connectivity index (χ3n) is 2.23. The number of hydrogen-bond donors (Lipinski definition) is 1. The van der Waals surface area contributed by atoms with Crippen molar-refractivity contribution in [3.8, 4) is 12.3 Å². The maximum Gasteiger partial charge on any atom is 0.123 e. The Bertz CT molecular complexity index is 359. The van der Waals surface area contributed by atoms with Gasteiger partial charge in [0.2, 0.25) is 0 Å². The first-order valence-electron chi connectivity index (χ1n) is 5.24. The van der Waals surface area contributed by atoms with Crippen LogP contribution in [0.1, 0.15) is 18.5 Å². The minimum absolute atomic E-state index is 0.169. The highest BCUT2D eigenvalue weighted by Gasteiger charge is 2.04. The van der Waals surface area contributed by atoms with Gasteiger partial charge < -0.3 is 5.32 Å². The molecular weight excluding hydrogens is 221 g/mol. The Balaban J connectivity index is 2.30. The maximum absolute atomic E-state index is 13.0. The van der Waals surface area contributed by atoms with Crippen LogP contribution in [0.2, 0.25) is 0 Å². The fraction of sp³-hybridized carbons (Fsp3) is 0.385. The molecule has 1 N–H and O–H groups in total. The molecule has 0 aromatic heterocycles. The molecule has 3 heteroatoms. The average molecular weight is 237 g/mol. The summed E-state index contributed by atoms with van der Waals surface area (Å²) >= 11 is 1.72. The molecule has 0 aliphatic heterocycles. The van der Waals surface area contributed by atoms with Crippen LogP contribution in [0, 0.1) is 18.2 Å². The molecule has 0 aliphatic carbocycles. The van der Waals surface area contributed by atoms with Gasteiger partial charge in [0.25, 0.3) is 0 Å². The van der Waals surface area contributed by atoms with Crippen LogP contribution in [0.25, 0.3) is 0 Å². The molecule has 0 bridgehead atoms.